The van der Waals surface area contributed by atoms with Crippen LogP contribution in [0.2, 0.25) is 0 Å². The van der Waals surface area contributed by atoms with Crippen LogP contribution in [0.5, 0.6) is 0 Å². The van der Waals surface area contributed by atoms with Crippen molar-refractivity contribution in [3.05, 3.63) is 35.0 Å². The first kappa shape index (κ1) is 16.4. The number of benzene rings is 1. The standard InChI is InChI=1S/C18H23BN4O2/c1-11-7-15(8-13-10-25-19(24)16(11)13)22-18-20-9-12(2)17(23-18)21-14-5-3-4-6-14/h7-9,14,24H,3-6,10H2,1-2H3,(H2,20,21,22,23). The summed E-state index contributed by atoms with van der Waals surface area (Å²) in [4.78, 5) is 9.06. The Labute approximate surface area is 148 Å². The third-order valence-corrected chi connectivity index (χ3v) is 5.04. The fraction of sp³-hybridized carbons (Fsp3) is 0.444. The van der Waals surface area contributed by atoms with Gasteiger partial charge in [0.1, 0.15) is 5.82 Å². The van der Waals surface area contributed by atoms with Gasteiger partial charge in [-0.15, -0.1) is 0 Å². The molecule has 0 amide bonds. The molecule has 3 N–H and O–H groups in total. The Morgan fingerprint density at radius 3 is 2.80 bits per heavy atom. The smallest absolute Gasteiger partial charge is 0.423 e. The molecule has 0 radical (unpaired) electrons. The Bertz CT molecular complexity index is 793. The maximum atomic E-state index is 9.87. The lowest BCUT2D eigenvalue weighted by Gasteiger charge is -2.16. The van der Waals surface area contributed by atoms with E-state index in [-0.39, 0.29) is 0 Å². The van der Waals surface area contributed by atoms with Gasteiger partial charge >= 0.3 is 7.12 Å². The summed E-state index contributed by atoms with van der Waals surface area (Å²) in [5, 5.41) is 16.7. The molecule has 2 aromatic rings. The second kappa shape index (κ2) is 6.65. The number of rotatable bonds is 4. The third kappa shape index (κ3) is 3.34. The molecule has 1 aliphatic carbocycles. The molecule has 0 bridgehead atoms. The zero-order valence-corrected chi connectivity index (χ0v) is 14.7. The topological polar surface area (TPSA) is 79.3 Å². The van der Waals surface area contributed by atoms with Gasteiger partial charge in [-0.2, -0.15) is 4.98 Å². The van der Waals surface area contributed by atoms with Crippen LogP contribution in [-0.4, -0.2) is 28.2 Å². The molecule has 2 aliphatic rings. The van der Waals surface area contributed by atoms with Crippen molar-refractivity contribution in [3.8, 4) is 0 Å². The molecule has 7 heteroatoms. The van der Waals surface area contributed by atoms with Gasteiger partial charge in [-0.1, -0.05) is 12.8 Å². The lowest BCUT2D eigenvalue weighted by molar-refractivity contribution is 0.275. The van der Waals surface area contributed by atoms with Crippen LogP contribution in [-0.2, 0) is 11.3 Å². The number of nitrogens with zero attached hydrogens (tertiary/aromatic N) is 2. The predicted molar refractivity (Wildman–Crippen MR) is 99.5 cm³/mol. The van der Waals surface area contributed by atoms with Gasteiger partial charge in [0.2, 0.25) is 5.95 Å². The molecule has 1 aliphatic heterocycles. The Morgan fingerprint density at radius 2 is 2.00 bits per heavy atom. The Balaban J connectivity index is 1.56. The van der Waals surface area contributed by atoms with Crippen LogP contribution in [0.1, 0.15) is 42.4 Å². The largest absolute Gasteiger partial charge is 0.492 e. The number of hydrogen-bond donors (Lipinski definition) is 3. The fourth-order valence-electron chi connectivity index (χ4n) is 3.71. The second-order valence-corrected chi connectivity index (χ2v) is 7.01. The molecule has 0 saturated heterocycles. The van der Waals surface area contributed by atoms with Crippen LogP contribution in [0, 0.1) is 13.8 Å². The minimum absolute atomic E-state index is 0.427. The van der Waals surface area contributed by atoms with Crippen molar-refractivity contribution in [1.82, 2.24) is 9.97 Å². The maximum Gasteiger partial charge on any atom is 0.492 e. The van der Waals surface area contributed by atoms with Gasteiger partial charge < -0.3 is 20.3 Å². The first-order valence-corrected chi connectivity index (χ1v) is 8.90. The fourth-order valence-corrected chi connectivity index (χ4v) is 3.71. The van der Waals surface area contributed by atoms with Gasteiger partial charge in [-0.05, 0) is 55.4 Å². The van der Waals surface area contributed by atoms with Crippen molar-refractivity contribution in [3.63, 3.8) is 0 Å². The van der Waals surface area contributed by atoms with Gasteiger partial charge in [0, 0.05) is 23.5 Å². The molecule has 2 heterocycles. The summed E-state index contributed by atoms with van der Waals surface area (Å²) in [5.41, 5.74) is 4.84. The summed E-state index contributed by atoms with van der Waals surface area (Å²) >= 11 is 0. The van der Waals surface area contributed by atoms with E-state index in [0.717, 1.165) is 33.7 Å². The lowest BCUT2D eigenvalue weighted by Crippen LogP contribution is -2.30. The normalized spacial score (nSPS) is 17.0. The van der Waals surface area contributed by atoms with Gasteiger partial charge in [-0.3, -0.25) is 0 Å². The van der Waals surface area contributed by atoms with E-state index >= 15 is 0 Å². The molecular formula is C18H23BN4O2. The summed E-state index contributed by atoms with van der Waals surface area (Å²) in [6.45, 7) is 4.43. The van der Waals surface area contributed by atoms with E-state index < -0.39 is 7.12 Å². The monoisotopic (exact) mass is 338 g/mol. The van der Waals surface area contributed by atoms with Crippen LogP contribution < -0.4 is 16.1 Å². The van der Waals surface area contributed by atoms with E-state index in [1.54, 1.807) is 0 Å². The van der Waals surface area contributed by atoms with Gasteiger partial charge in [0.25, 0.3) is 0 Å². The van der Waals surface area contributed by atoms with Crippen LogP contribution in [0.4, 0.5) is 17.5 Å². The SMILES string of the molecule is Cc1cnc(Nc2cc(C)c3c(c2)COB3O)nc1NC1CCCC1. The van der Waals surface area contributed by atoms with Gasteiger partial charge in [-0.25, -0.2) is 4.98 Å². The highest BCUT2D eigenvalue weighted by Crippen LogP contribution is 2.25. The second-order valence-electron chi connectivity index (χ2n) is 7.01. The average molecular weight is 338 g/mol. The van der Waals surface area contributed by atoms with Crippen LogP contribution in [0.25, 0.3) is 0 Å². The average Bonchev–Trinajstić information content (AvgIpc) is 3.21. The van der Waals surface area contributed by atoms with Crippen molar-refractivity contribution in [1.29, 1.82) is 0 Å². The highest BCUT2D eigenvalue weighted by molar-refractivity contribution is 6.62. The predicted octanol–water partition coefficient (Wildman–Crippen LogP) is 2.41. The van der Waals surface area contributed by atoms with Crippen LogP contribution in [0.15, 0.2) is 18.3 Å². The number of aryl methyl sites for hydroxylation is 2. The summed E-state index contributed by atoms with van der Waals surface area (Å²) in [7, 11) is -0.818. The maximum absolute atomic E-state index is 9.87. The van der Waals surface area contributed by atoms with E-state index in [1.807, 2.05) is 32.2 Å². The van der Waals surface area contributed by atoms with Crippen molar-refractivity contribution >= 4 is 30.0 Å². The third-order valence-electron chi connectivity index (χ3n) is 5.04. The summed E-state index contributed by atoms with van der Waals surface area (Å²) in [6, 6.07) is 4.50. The Kier molecular flexibility index (Phi) is 4.35. The number of aromatic nitrogens is 2. The Hall–Kier alpha value is -2.12. The van der Waals surface area contributed by atoms with Crippen molar-refractivity contribution in [2.24, 2.45) is 0 Å². The molecule has 1 saturated carbocycles. The molecule has 6 nitrogen and oxygen atoms in total. The Morgan fingerprint density at radius 1 is 1.20 bits per heavy atom. The van der Waals surface area contributed by atoms with E-state index in [0.29, 0.717) is 18.6 Å². The number of anilines is 3. The molecule has 0 spiro atoms. The lowest BCUT2D eigenvalue weighted by atomic mass is 9.76. The van der Waals surface area contributed by atoms with E-state index in [4.69, 9.17) is 4.65 Å². The molecule has 1 aromatic carbocycles. The highest BCUT2D eigenvalue weighted by Gasteiger charge is 2.29. The zero-order valence-electron chi connectivity index (χ0n) is 14.7. The highest BCUT2D eigenvalue weighted by atomic mass is 16.5. The van der Waals surface area contributed by atoms with Gasteiger partial charge in [0.05, 0.1) is 6.61 Å². The van der Waals surface area contributed by atoms with E-state index in [2.05, 4.69) is 20.6 Å². The molecule has 1 aromatic heterocycles. The summed E-state index contributed by atoms with van der Waals surface area (Å²) in [6.07, 6.45) is 6.83. The zero-order chi connectivity index (χ0) is 17.4. The summed E-state index contributed by atoms with van der Waals surface area (Å²) < 4.78 is 5.31. The molecule has 25 heavy (non-hydrogen) atoms. The van der Waals surface area contributed by atoms with E-state index in [9.17, 15) is 5.02 Å². The molecule has 0 unspecified atom stereocenters. The minimum Gasteiger partial charge on any atom is -0.423 e. The van der Waals surface area contributed by atoms with E-state index in [1.165, 1.54) is 25.7 Å². The first-order valence-electron chi connectivity index (χ1n) is 8.90. The molecule has 1 fully saturated rings. The first-order chi connectivity index (χ1) is 12.1. The number of nitrogens with one attached hydrogen (secondary N) is 2. The van der Waals surface area contributed by atoms with Crippen LogP contribution in [0.3, 0.4) is 0 Å². The van der Waals surface area contributed by atoms with Crippen molar-refractivity contribution < 1.29 is 9.68 Å². The quantitative estimate of drug-likeness (QED) is 0.743. The van der Waals surface area contributed by atoms with Crippen LogP contribution >= 0.6 is 0 Å². The molecule has 130 valence electrons. The van der Waals surface area contributed by atoms with Crippen molar-refractivity contribution in [2.75, 3.05) is 10.6 Å². The van der Waals surface area contributed by atoms with Gasteiger partial charge in [0.15, 0.2) is 0 Å². The molecular weight excluding hydrogens is 315 g/mol. The summed E-state index contributed by atoms with van der Waals surface area (Å²) in [5.74, 6) is 1.48. The minimum atomic E-state index is -0.818. The van der Waals surface area contributed by atoms with Crippen molar-refractivity contribution in [2.45, 2.75) is 52.2 Å². The molecule has 4 rings (SSSR count). The number of fused-ring (bicyclic) bond motifs is 1. The number of hydrogen-bond acceptors (Lipinski definition) is 6. The molecule has 0 atom stereocenters.